The number of esters is 1. The van der Waals surface area contributed by atoms with E-state index in [9.17, 15) is 19.0 Å². The van der Waals surface area contributed by atoms with E-state index in [2.05, 4.69) is 148 Å². The van der Waals surface area contributed by atoms with Crippen LogP contribution in [0.4, 0.5) is 0 Å². The molecule has 89 heavy (non-hydrogen) atoms. The third kappa shape index (κ3) is 68.4. The summed E-state index contributed by atoms with van der Waals surface area (Å²) in [5.74, 6) is -0.540. The lowest BCUT2D eigenvalue weighted by Gasteiger charge is -2.27. The highest BCUT2D eigenvalue weighted by atomic mass is 31.2. The van der Waals surface area contributed by atoms with Crippen molar-refractivity contribution in [3.63, 3.8) is 0 Å². The Hall–Kier alpha value is -3.85. The van der Waals surface area contributed by atoms with E-state index in [4.69, 9.17) is 13.8 Å². The molecular weight excluding hydrogens is 1120 g/mol. The van der Waals surface area contributed by atoms with Crippen molar-refractivity contribution in [1.29, 1.82) is 0 Å². The SMILES string of the molecule is CC/C=C\C/C=C\C/C=C\C/C=C\C/C=C\C/C=C\CCCCCCC(=O)NC(COP(=O)(O)OCC[N+](C)(C)C)C(/C=C/CCCCCCCCCCCCC)OC(=O)CCCCCCCCCCCCC/C=C\C/C=C\C/C=C\C/C=C\CCCCC. The van der Waals surface area contributed by atoms with Crippen molar-refractivity contribution in [2.24, 2.45) is 0 Å². The van der Waals surface area contributed by atoms with Crippen molar-refractivity contribution in [3.8, 4) is 0 Å². The van der Waals surface area contributed by atoms with Crippen LogP contribution in [0.1, 0.15) is 303 Å². The number of phosphoric acid groups is 1. The molecule has 0 aliphatic rings. The Balaban J connectivity index is 5.15. The lowest BCUT2D eigenvalue weighted by atomic mass is 10.0. The molecule has 0 saturated heterocycles. The number of carbonyl (C=O) groups is 2. The first kappa shape index (κ1) is 85.2. The number of nitrogens with one attached hydrogen (secondary N) is 1. The molecule has 0 aliphatic carbocycles. The first-order valence-corrected chi connectivity index (χ1v) is 38.0. The number of hydrogen-bond donors (Lipinski definition) is 2. The Labute approximate surface area is 549 Å². The molecule has 1 amide bonds. The van der Waals surface area contributed by atoms with E-state index in [-0.39, 0.29) is 31.5 Å². The number of likely N-dealkylation sites (N-methyl/N-ethyl adjacent to an activating group) is 1. The monoisotopic (exact) mass is 1260 g/mol. The molecule has 0 rings (SSSR count). The smallest absolute Gasteiger partial charge is 0.456 e. The fourth-order valence-corrected chi connectivity index (χ4v) is 10.7. The van der Waals surface area contributed by atoms with E-state index < -0.39 is 20.0 Å². The molecule has 2 N–H and O–H groups in total. The van der Waals surface area contributed by atoms with Gasteiger partial charge in [-0.3, -0.25) is 18.6 Å². The van der Waals surface area contributed by atoms with Crippen molar-refractivity contribution in [1.82, 2.24) is 5.32 Å². The average Bonchev–Trinajstić information content (AvgIpc) is 3.64. The minimum atomic E-state index is -4.47. The fourth-order valence-electron chi connectivity index (χ4n) is 9.99. The molecule has 0 bridgehead atoms. The second-order valence-corrected chi connectivity index (χ2v) is 26.8. The van der Waals surface area contributed by atoms with Gasteiger partial charge in [0.05, 0.1) is 33.8 Å². The van der Waals surface area contributed by atoms with Gasteiger partial charge in [-0.2, -0.15) is 0 Å². The van der Waals surface area contributed by atoms with Crippen LogP contribution >= 0.6 is 7.82 Å². The van der Waals surface area contributed by atoms with Gasteiger partial charge in [0.15, 0.2) is 0 Å². The Morgan fingerprint density at radius 2 is 0.719 bits per heavy atom. The molecule has 0 aliphatic heterocycles. The summed E-state index contributed by atoms with van der Waals surface area (Å²) in [6.07, 6.45) is 96.0. The maximum atomic E-state index is 13.6. The van der Waals surface area contributed by atoms with E-state index in [0.29, 0.717) is 23.9 Å². The number of unbranched alkanes of at least 4 members (excludes halogenated alkanes) is 29. The largest absolute Gasteiger partial charge is 0.472 e. The van der Waals surface area contributed by atoms with Gasteiger partial charge in [-0.25, -0.2) is 4.57 Å². The summed E-state index contributed by atoms with van der Waals surface area (Å²) in [5.41, 5.74) is 0. The lowest BCUT2D eigenvalue weighted by Crippen LogP contribution is -2.47. The molecule has 0 saturated carbocycles. The summed E-state index contributed by atoms with van der Waals surface area (Å²) >= 11 is 0. The third-order valence-corrected chi connectivity index (χ3v) is 16.6. The minimum absolute atomic E-state index is 0.0277. The fraction of sp³-hybridized carbons (Fsp3) is 0.696. The highest BCUT2D eigenvalue weighted by Gasteiger charge is 2.30. The van der Waals surface area contributed by atoms with Gasteiger partial charge < -0.3 is 19.4 Å². The summed E-state index contributed by atoms with van der Waals surface area (Å²) in [5, 5.41) is 3.06. The minimum Gasteiger partial charge on any atom is -0.456 e. The van der Waals surface area contributed by atoms with E-state index in [1.54, 1.807) is 0 Å². The van der Waals surface area contributed by atoms with Crippen LogP contribution in [0.2, 0.25) is 0 Å². The van der Waals surface area contributed by atoms with Crippen molar-refractivity contribution < 1.29 is 37.3 Å². The van der Waals surface area contributed by atoms with Crippen LogP contribution in [0.5, 0.6) is 0 Å². The van der Waals surface area contributed by atoms with Gasteiger partial charge in [-0.05, 0) is 128 Å². The maximum Gasteiger partial charge on any atom is 0.472 e. The summed E-state index contributed by atoms with van der Waals surface area (Å²) < 4.78 is 30.8. The molecule has 0 radical (unpaired) electrons. The van der Waals surface area contributed by atoms with Crippen LogP contribution in [0, 0.1) is 0 Å². The molecular formula is C79H138N2O7P+. The number of hydrogen-bond acceptors (Lipinski definition) is 6. The Morgan fingerprint density at radius 3 is 1.10 bits per heavy atom. The first-order valence-electron chi connectivity index (χ1n) is 36.5. The molecule has 0 heterocycles. The Morgan fingerprint density at radius 1 is 0.404 bits per heavy atom. The summed E-state index contributed by atoms with van der Waals surface area (Å²) in [6.45, 7) is 6.86. The topological polar surface area (TPSA) is 111 Å². The maximum absolute atomic E-state index is 13.6. The number of rotatable bonds is 65. The molecule has 9 nitrogen and oxygen atoms in total. The molecule has 10 heteroatoms. The zero-order chi connectivity index (χ0) is 64.9. The average molecular weight is 1260 g/mol. The number of allylic oxidation sites excluding steroid dienone is 21. The predicted octanol–water partition coefficient (Wildman–Crippen LogP) is 23.6. The Kier molecular flexibility index (Phi) is 64.2. The molecule has 0 aromatic heterocycles. The number of ether oxygens (including phenoxy) is 1. The second kappa shape index (κ2) is 67.1. The Bertz CT molecular complexity index is 1990. The molecule has 0 aromatic carbocycles. The summed E-state index contributed by atoms with van der Waals surface area (Å²) in [7, 11) is 1.46. The van der Waals surface area contributed by atoms with Crippen LogP contribution in [-0.4, -0.2) is 74.3 Å². The van der Waals surface area contributed by atoms with Crippen LogP contribution in [0.15, 0.2) is 134 Å². The molecule has 3 atom stereocenters. The predicted molar refractivity (Wildman–Crippen MR) is 387 cm³/mol. The number of phosphoric ester groups is 1. The van der Waals surface area contributed by atoms with Gasteiger partial charge in [0.1, 0.15) is 19.3 Å². The molecule has 0 spiro atoms. The van der Waals surface area contributed by atoms with Crippen LogP contribution in [0.25, 0.3) is 0 Å². The normalized spacial score (nSPS) is 14.3. The van der Waals surface area contributed by atoms with Gasteiger partial charge in [-0.15, -0.1) is 0 Å². The highest BCUT2D eigenvalue weighted by molar-refractivity contribution is 7.47. The van der Waals surface area contributed by atoms with E-state index in [1.807, 2.05) is 33.3 Å². The molecule has 0 aromatic rings. The van der Waals surface area contributed by atoms with E-state index in [1.165, 1.54) is 141 Å². The van der Waals surface area contributed by atoms with Gasteiger partial charge in [0.2, 0.25) is 5.91 Å². The van der Waals surface area contributed by atoms with Crippen LogP contribution in [-0.2, 0) is 27.9 Å². The van der Waals surface area contributed by atoms with Gasteiger partial charge in [0, 0.05) is 12.8 Å². The molecule has 0 fully saturated rings. The summed E-state index contributed by atoms with van der Waals surface area (Å²) in [6, 6.07) is -0.874. The standard InChI is InChI=1S/C79H137N2O7P/c1-7-10-13-16-19-22-25-28-30-32-34-36-38-39-40-41-43-45-47-49-51-54-57-60-63-66-69-72-79(83)88-77(70-67-64-61-58-55-52-27-24-21-18-15-12-9-3)76(75-87-89(84,85)86-74-73-81(4,5)6)80-78(82)71-68-65-62-59-56-53-50-48-46-44-42-37-35-33-31-29-26-23-20-17-14-11-8-2/h11,14,19-20,22-23,28-31,34-37,39-40,44,46,50,53,67,70,76-77H,7-10,12-13,15-18,21,24-27,32-33,38,41-43,45,47-49,51-52,54-66,68-69,71-75H2,1-6H3,(H-,80,82,84,85)/p+1/b14-11-,22-19-,23-20-,30-28-,31-29-,36-34-,37-35-,40-39-,46-44-,53-50-,70-67+. The zero-order valence-corrected chi connectivity index (χ0v) is 59.3. The lowest BCUT2D eigenvalue weighted by molar-refractivity contribution is -0.870. The number of quaternary nitrogens is 1. The second-order valence-electron chi connectivity index (χ2n) is 25.4. The molecule has 510 valence electrons. The number of carbonyl (C=O) groups excluding carboxylic acids is 2. The summed E-state index contributed by atoms with van der Waals surface area (Å²) in [4.78, 5) is 38.0. The van der Waals surface area contributed by atoms with E-state index >= 15 is 0 Å². The first-order chi connectivity index (χ1) is 43.4. The highest BCUT2D eigenvalue weighted by Crippen LogP contribution is 2.43. The number of nitrogens with zero attached hydrogens (tertiary/aromatic N) is 1. The molecule has 3 unspecified atom stereocenters. The van der Waals surface area contributed by atoms with Crippen molar-refractivity contribution >= 4 is 19.7 Å². The van der Waals surface area contributed by atoms with Crippen molar-refractivity contribution in [2.75, 3.05) is 40.9 Å². The van der Waals surface area contributed by atoms with E-state index in [0.717, 1.165) is 122 Å². The quantitative estimate of drug-likeness (QED) is 0.0205. The van der Waals surface area contributed by atoms with Gasteiger partial charge in [0.25, 0.3) is 0 Å². The van der Waals surface area contributed by atoms with Crippen molar-refractivity contribution in [3.05, 3.63) is 134 Å². The van der Waals surface area contributed by atoms with Gasteiger partial charge in [-0.1, -0.05) is 296 Å². The third-order valence-electron chi connectivity index (χ3n) is 15.6. The van der Waals surface area contributed by atoms with Crippen LogP contribution in [0.3, 0.4) is 0 Å². The van der Waals surface area contributed by atoms with Crippen LogP contribution < -0.4 is 5.32 Å². The zero-order valence-electron chi connectivity index (χ0n) is 58.4. The van der Waals surface area contributed by atoms with Gasteiger partial charge >= 0.3 is 13.8 Å². The number of amides is 1. The van der Waals surface area contributed by atoms with Crippen molar-refractivity contribution in [2.45, 2.75) is 315 Å².